The smallest absolute Gasteiger partial charge is 0.319 e. The van der Waals surface area contributed by atoms with Crippen molar-refractivity contribution in [1.82, 2.24) is 24.6 Å². The Kier molecular flexibility index (Phi) is 4.22. The van der Waals surface area contributed by atoms with Crippen molar-refractivity contribution in [2.75, 3.05) is 32.2 Å². The van der Waals surface area contributed by atoms with Gasteiger partial charge in [-0.3, -0.25) is 0 Å². The minimum atomic E-state index is -3.30. The first-order chi connectivity index (χ1) is 13.3. The molecule has 12 heteroatoms. The fraction of sp³-hybridized carbons (Fsp3) is 0.375. The van der Waals surface area contributed by atoms with Gasteiger partial charge in [-0.05, 0) is 6.07 Å². The summed E-state index contributed by atoms with van der Waals surface area (Å²) in [4.78, 5) is 13.2. The number of rotatable bonds is 4. The van der Waals surface area contributed by atoms with Crippen LogP contribution in [0.2, 0.25) is 0 Å². The predicted octanol–water partition coefficient (Wildman–Crippen LogP) is 1.16. The van der Waals surface area contributed by atoms with E-state index >= 15 is 0 Å². The highest BCUT2D eigenvalue weighted by Gasteiger charge is 2.48. The number of methoxy groups -OCH3 is 2. The lowest BCUT2D eigenvalue weighted by Crippen LogP contribution is -2.31. The lowest BCUT2D eigenvalue weighted by molar-refractivity contribution is -0.0712. The lowest BCUT2D eigenvalue weighted by Gasteiger charge is -2.19. The van der Waals surface area contributed by atoms with Crippen molar-refractivity contribution in [3.05, 3.63) is 24.4 Å². The Morgan fingerprint density at radius 1 is 1.21 bits per heavy atom. The minimum absolute atomic E-state index is 0.0412. The van der Waals surface area contributed by atoms with E-state index < -0.39 is 24.5 Å². The first-order valence-electron chi connectivity index (χ1n) is 8.14. The van der Waals surface area contributed by atoms with E-state index in [1.54, 1.807) is 0 Å². The second-order valence-corrected chi connectivity index (χ2v) is 6.17. The molecule has 1 saturated heterocycles. The molecular formula is C16H15F3N6O3. The Hall–Kier alpha value is -3.15. The average molecular weight is 396 g/mol. The zero-order chi connectivity index (χ0) is 20.1. The number of hydrogen-bond donors (Lipinski definition) is 1. The van der Waals surface area contributed by atoms with Crippen molar-refractivity contribution in [1.29, 1.82) is 0 Å². The molecule has 0 aromatic carbocycles. The first kappa shape index (κ1) is 18.2. The van der Waals surface area contributed by atoms with E-state index in [1.807, 2.05) is 0 Å². The van der Waals surface area contributed by atoms with Crippen LogP contribution in [0.25, 0.3) is 16.9 Å². The van der Waals surface area contributed by atoms with E-state index in [-0.39, 0.29) is 35.5 Å². The zero-order valence-electron chi connectivity index (χ0n) is 14.8. The monoisotopic (exact) mass is 396 g/mol. The molecule has 1 fully saturated rings. The standard InChI is InChI=1S/C16H15F3N6O3/c1-27-14-8(4-21-15(22-14)28-2)9-3-10(13-20-5-12(17)25(13)23-9)24-6-11(26)16(18,19)7-24/h3-5,11,26H,6-7H2,1-2H3. The van der Waals surface area contributed by atoms with Crippen molar-refractivity contribution in [3.63, 3.8) is 0 Å². The van der Waals surface area contributed by atoms with Crippen LogP contribution in [0.1, 0.15) is 0 Å². The van der Waals surface area contributed by atoms with Crippen LogP contribution in [-0.2, 0) is 0 Å². The highest BCUT2D eigenvalue weighted by Crippen LogP contribution is 2.36. The molecule has 1 aliphatic rings. The molecular weight excluding hydrogens is 381 g/mol. The molecule has 1 atom stereocenters. The number of halogens is 3. The number of nitrogens with zero attached hydrogens (tertiary/aromatic N) is 6. The number of aromatic nitrogens is 5. The summed E-state index contributed by atoms with van der Waals surface area (Å²) in [5.74, 6) is -3.97. The van der Waals surface area contributed by atoms with Gasteiger partial charge in [-0.1, -0.05) is 0 Å². The van der Waals surface area contributed by atoms with Gasteiger partial charge in [0.15, 0.2) is 5.65 Å². The van der Waals surface area contributed by atoms with Crippen LogP contribution in [0, 0.1) is 5.95 Å². The number of hydrogen-bond acceptors (Lipinski definition) is 8. The fourth-order valence-corrected chi connectivity index (χ4v) is 3.02. The molecule has 3 aromatic rings. The third-order valence-electron chi connectivity index (χ3n) is 4.41. The van der Waals surface area contributed by atoms with Gasteiger partial charge < -0.3 is 19.5 Å². The predicted molar refractivity (Wildman–Crippen MR) is 90.2 cm³/mol. The molecule has 4 rings (SSSR count). The van der Waals surface area contributed by atoms with E-state index in [1.165, 1.54) is 31.4 Å². The van der Waals surface area contributed by atoms with Gasteiger partial charge in [0.05, 0.1) is 44.8 Å². The maximum absolute atomic E-state index is 14.2. The molecule has 0 bridgehead atoms. The van der Waals surface area contributed by atoms with Crippen molar-refractivity contribution >= 4 is 11.3 Å². The Morgan fingerprint density at radius 2 is 2.00 bits per heavy atom. The maximum atomic E-state index is 14.2. The van der Waals surface area contributed by atoms with Crippen LogP contribution < -0.4 is 14.4 Å². The molecule has 1 N–H and O–H groups in total. The highest BCUT2D eigenvalue weighted by atomic mass is 19.3. The van der Waals surface area contributed by atoms with E-state index in [4.69, 9.17) is 9.47 Å². The number of aliphatic hydroxyl groups is 1. The van der Waals surface area contributed by atoms with Crippen LogP contribution in [-0.4, -0.2) is 69.0 Å². The summed E-state index contributed by atoms with van der Waals surface area (Å²) in [7, 11) is 2.76. The number of anilines is 1. The number of imidazole rings is 1. The third-order valence-corrected chi connectivity index (χ3v) is 4.41. The summed E-state index contributed by atoms with van der Waals surface area (Å²) < 4.78 is 52.9. The Bertz CT molecular complexity index is 1040. The molecule has 0 saturated carbocycles. The van der Waals surface area contributed by atoms with Crippen molar-refractivity contribution in [2.24, 2.45) is 0 Å². The van der Waals surface area contributed by atoms with Gasteiger partial charge in [0.1, 0.15) is 11.8 Å². The number of β-amino-alcohol motifs (C(OH)–C–C–N with tert-alkyl or cyclic N) is 1. The molecule has 1 aliphatic heterocycles. The summed E-state index contributed by atoms with van der Waals surface area (Å²) in [5, 5.41) is 13.8. The second kappa shape index (κ2) is 6.48. The minimum Gasteiger partial charge on any atom is -0.480 e. The zero-order valence-corrected chi connectivity index (χ0v) is 14.8. The molecule has 0 aliphatic carbocycles. The van der Waals surface area contributed by atoms with Gasteiger partial charge in [0, 0.05) is 6.20 Å². The summed E-state index contributed by atoms with van der Waals surface area (Å²) in [6.07, 6.45) is 0.454. The van der Waals surface area contributed by atoms with E-state index in [0.29, 0.717) is 5.56 Å². The van der Waals surface area contributed by atoms with Crippen LogP contribution in [0.5, 0.6) is 11.9 Å². The summed E-state index contributed by atoms with van der Waals surface area (Å²) in [6.45, 7) is -1.07. The van der Waals surface area contributed by atoms with Gasteiger partial charge in [0.2, 0.25) is 11.8 Å². The first-order valence-corrected chi connectivity index (χ1v) is 8.14. The van der Waals surface area contributed by atoms with Gasteiger partial charge in [-0.25, -0.2) is 18.7 Å². The Balaban J connectivity index is 1.89. The largest absolute Gasteiger partial charge is 0.480 e. The molecule has 4 heterocycles. The molecule has 3 aromatic heterocycles. The van der Waals surface area contributed by atoms with Gasteiger partial charge in [-0.15, -0.1) is 0 Å². The number of ether oxygens (including phenoxy) is 2. The van der Waals surface area contributed by atoms with Gasteiger partial charge in [-0.2, -0.15) is 19.0 Å². The van der Waals surface area contributed by atoms with E-state index in [0.717, 1.165) is 10.7 Å². The summed E-state index contributed by atoms with van der Waals surface area (Å²) in [5.41, 5.74) is 0.692. The lowest BCUT2D eigenvalue weighted by atomic mass is 10.2. The van der Waals surface area contributed by atoms with Crippen molar-refractivity contribution < 1.29 is 27.8 Å². The molecule has 9 nitrogen and oxygen atoms in total. The molecule has 0 spiro atoms. The highest BCUT2D eigenvalue weighted by molar-refractivity contribution is 5.76. The van der Waals surface area contributed by atoms with E-state index in [9.17, 15) is 18.3 Å². The second-order valence-electron chi connectivity index (χ2n) is 6.17. The SMILES string of the molecule is COc1ncc(-c2cc(N3CC(O)C(F)(F)C3)c3ncc(F)n3n2)c(OC)n1. The number of alkyl halides is 2. The van der Waals surface area contributed by atoms with Crippen molar-refractivity contribution in [3.8, 4) is 23.1 Å². The van der Waals surface area contributed by atoms with Crippen LogP contribution in [0.4, 0.5) is 18.9 Å². The summed E-state index contributed by atoms with van der Waals surface area (Å²) in [6, 6.07) is 1.50. The number of aliphatic hydroxyl groups excluding tert-OH is 1. The fourth-order valence-electron chi connectivity index (χ4n) is 3.02. The topological polar surface area (TPSA) is 97.9 Å². The van der Waals surface area contributed by atoms with Gasteiger partial charge in [0.25, 0.3) is 5.92 Å². The third kappa shape index (κ3) is 2.85. The Morgan fingerprint density at radius 3 is 2.64 bits per heavy atom. The quantitative estimate of drug-likeness (QED) is 0.702. The Labute approximate surface area is 156 Å². The molecule has 1 unspecified atom stereocenters. The molecule has 0 amide bonds. The van der Waals surface area contributed by atoms with Gasteiger partial charge >= 0.3 is 6.01 Å². The molecule has 148 valence electrons. The van der Waals surface area contributed by atoms with Crippen LogP contribution >= 0.6 is 0 Å². The van der Waals surface area contributed by atoms with E-state index in [2.05, 4.69) is 20.1 Å². The van der Waals surface area contributed by atoms with Crippen LogP contribution in [0.3, 0.4) is 0 Å². The maximum Gasteiger partial charge on any atom is 0.319 e. The average Bonchev–Trinajstić information content (AvgIpc) is 3.19. The molecule has 28 heavy (non-hydrogen) atoms. The molecule has 0 radical (unpaired) electrons. The summed E-state index contributed by atoms with van der Waals surface area (Å²) >= 11 is 0. The number of fused-ring (bicyclic) bond motifs is 1. The van der Waals surface area contributed by atoms with Crippen LogP contribution in [0.15, 0.2) is 18.5 Å². The van der Waals surface area contributed by atoms with Crippen molar-refractivity contribution in [2.45, 2.75) is 12.0 Å². The normalized spacial score (nSPS) is 18.6.